The summed E-state index contributed by atoms with van der Waals surface area (Å²) in [5.74, 6) is -1.20. The maximum absolute atomic E-state index is 12.2. The van der Waals surface area contributed by atoms with Crippen molar-refractivity contribution in [1.29, 1.82) is 0 Å². The van der Waals surface area contributed by atoms with Crippen LogP contribution >= 0.6 is 0 Å². The molecule has 0 aliphatic carbocycles. The molecule has 1 fully saturated rings. The Hall–Kier alpha value is -3.10. The number of rotatable bonds is 6. The van der Waals surface area contributed by atoms with Gasteiger partial charge >= 0.3 is 17.8 Å². The molecule has 9 heteroatoms. The van der Waals surface area contributed by atoms with Crippen LogP contribution in [0.4, 0.5) is 4.79 Å². The number of benzene rings is 1. The molecule has 0 unspecified atom stereocenters. The molecular weight excluding hydrogens is 354 g/mol. The minimum Gasteiger partial charge on any atom is -0.486 e. The first-order chi connectivity index (χ1) is 12.9. The van der Waals surface area contributed by atoms with E-state index in [4.69, 9.17) is 9.47 Å². The maximum Gasteiger partial charge on any atom is 0.334 e. The van der Waals surface area contributed by atoms with Crippen molar-refractivity contribution in [3.8, 4) is 11.5 Å². The van der Waals surface area contributed by atoms with E-state index in [1.54, 1.807) is 12.1 Å². The fourth-order valence-corrected chi connectivity index (χ4v) is 2.81. The number of amides is 5. The number of imide groups is 2. The summed E-state index contributed by atoms with van der Waals surface area (Å²) in [4.78, 5) is 49.8. The van der Waals surface area contributed by atoms with Crippen LogP contribution in [0.25, 0.3) is 0 Å². The molecule has 5 amide bonds. The van der Waals surface area contributed by atoms with Crippen LogP contribution in [-0.4, -0.2) is 65.9 Å². The predicted octanol–water partition coefficient (Wildman–Crippen LogP) is 0.389. The Labute approximate surface area is 156 Å². The van der Waals surface area contributed by atoms with Crippen molar-refractivity contribution in [3.63, 3.8) is 0 Å². The highest BCUT2D eigenvalue weighted by molar-refractivity contribution is 6.45. The summed E-state index contributed by atoms with van der Waals surface area (Å²) in [6, 6.07) is 6.43. The number of fused-ring (bicyclic) bond motifs is 1. The lowest BCUT2D eigenvalue weighted by Crippen LogP contribution is -2.46. The van der Waals surface area contributed by atoms with E-state index in [2.05, 4.69) is 5.32 Å². The molecule has 0 spiro atoms. The lowest BCUT2D eigenvalue weighted by atomic mass is 10.2. The van der Waals surface area contributed by atoms with E-state index >= 15 is 0 Å². The van der Waals surface area contributed by atoms with Crippen LogP contribution in [0.5, 0.6) is 11.5 Å². The van der Waals surface area contributed by atoms with E-state index in [0.29, 0.717) is 16.4 Å². The highest BCUT2D eigenvalue weighted by atomic mass is 16.6. The Morgan fingerprint density at radius 3 is 2.52 bits per heavy atom. The van der Waals surface area contributed by atoms with Crippen molar-refractivity contribution in [2.24, 2.45) is 5.92 Å². The summed E-state index contributed by atoms with van der Waals surface area (Å²) >= 11 is 0. The maximum atomic E-state index is 12.2. The van der Waals surface area contributed by atoms with Gasteiger partial charge in [-0.3, -0.25) is 19.3 Å². The van der Waals surface area contributed by atoms with Crippen LogP contribution < -0.4 is 14.8 Å². The minimum absolute atomic E-state index is 0.0193. The van der Waals surface area contributed by atoms with E-state index in [1.807, 2.05) is 26.0 Å². The number of carbonyl (C=O) groups is 4. The van der Waals surface area contributed by atoms with Gasteiger partial charge in [0.05, 0.1) is 6.54 Å². The molecule has 1 aromatic carbocycles. The molecule has 1 atom stereocenters. The van der Waals surface area contributed by atoms with E-state index in [9.17, 15) is 19.2 Å². The number of para-hydroxylation sites is 2. The zero-order valence-corrected chi connectivity index (χ0v) is 15.1. The summed E-state index contributed by atoms with van der Waals surface area (Å²) in [6.07, 6.45) is -0.395. The Bertz CT molecular complexity index is 778. The zero-order chi connectivity index (χ0) is 19.6. The molecule has 2 aliphatic heterocycles. The molecular formula is C18H21N3O6. The van der Waals surface area contributed by atoms with Crippen molar-refractivity contribution < 1.29 is 28.7 Å². The number of hydrogen-bond donors (Lipinski definition) is 1. The summed E-state index contributed by atoms with van der Waals surface area (Å²) in [5.41, 5.74) is 0. The highest BCUT2D eigenvalue weighted by Gasteiger charge is 2.45. The number of nitrogens with zero attached hydrogens (tertiary/aromatic N) is 2. The number of nitrogens with one attached hydrogen (secondary N) is 1. The molecule has 0 radical (unpaired) electrons. The van der Waals surface area contributed by atoms with Crippen LogP contribution in [0.2, 0.25) is 0 Å². The molecule has 0 saturated carbocycles. The molecule has 27 heavy (non-hydrogen) atoms. The van der Waals surface area contributed by atoms with Crippen molar-refractivity contribution in [2.75, 3.05) is 26.2 Å². The molecule has 144 valence electrons. The Morgan fingerprint density at radius 2 is 1.81 bits per heavy atom. The van der Waals surface area contributed by atoms with Gasteiger partial charge in [-0.05, 0) is 18.1 Å². The van der Waals surface area contributed by atoms with Gasteiger partial charge < -0.3 is 14.8 Å². The van der Waals surface area contributed by atoms with E-state index in [-0.39, 0.29) is 25.6 Å². The Balaban J connectivity index is 1.52. The first-order valence-corrected chi connectivity index (χ1v) is 8.69. The van der Waals surface area contributed by atoms with Crippen LogP contribution in [0, 0.1) is 5.92 Å². The monoisotopic (exact) mass is 375 g/mol. The second kappa shape index (κ2) is 7.65. The highest BCUT2D eigenvalue weighted by Crippen LogP contribution is 2.30. The van der Waals surface area contributed by atoms with Gasteiger partial charge in [-0.15, -0.1) is 0 Å². The van der Waals surface area contributed by atoms with Crippen molar-refractivity contribution in [1.82, 2.24) is 15.1 Å². The van der Waals surface area contributed by atoms with Crippen molar-refractivity contribution in [3.05, 3.63) is 24.3 Å². The smallest absolute Gasteiger partial charge is 0.334 e. The molecule has 2 heterocycles. The summed E-state index contributed by atoms with van der Waals surface area (Å²) in [6.45, 7) is 3.68. The van der Waals surface area contributed by atoms with Gasteiger partial charge in [-0.2, -0.15) is 0 Å². The second-order valence-corrected chi connectivity index (χ2v) is 6.79. The van der Waals surface area contributed by atoms with Crippen molar-refractivity contribution in [2.45, 2.75) is 20.0 Å². The van der Waals surface area contributed by atoms with Gasteiger partial charge in [0.25, 0.3) is 0 Å². The zero-order valence-electron chi connectivity index (χ0n) is 15.1. The van der Waals surface area contributed by atoms with E-state index in [1.165, 1.54) is 0 Å². The lowest BCUT2D eigenvalue weighted by molar-refractivity contribution is -0.144. The first-order valence-electron chi connectivity index (χ1n) is 8.69. The summed E-state index contributed by atoms with van der Waals surface area (Å²) in [5, 5.41) is 2.60. The van der Waals surface area contributed by atoms with Gasteiger partial charge in [0.2, 0.25) is 5.91 Å². The Kier molecular flexibility index (Phi) is 5.29. The predicted molar refractivity (Wildman–Crippen MR) is 93.0 cm³/mol. The minimum atomic E-state index is -0.984. The number of carbonyl (C=O) groups excluding carboxylic acids is 4. The molecule has 1 saturated heterocycles. The van der Waals surface area contributed by atoms with Crippen LogP contribution in [0.15, 0.2) is 24.3 Å². The quantitative estimate of drug-likeness (QED) is 0.570. The molecule has 2 aliphatic rings. The summed E-state index contributed by atoms with van der Waals surface area (Å²) < 4.78 is 11.3. The van der Waals surface area contributed by atoms with Crippen molar-refractivity contribution >= 4 is 23.8 Å². The SMILES string of the molecule is CC(C)CN1C(=O)C(=O)N(CC(=O)NC[C@@H]2COc3ccccc3O2)C1=O. The molecule has 0 bridgehead atoms. The topological polar surface area (TPSA) is 105 Å². The van der Waals surface area contributed by atoms with Gasteiger partial charge in [0.15, 0.2) is 11.5 Å². The van der Waals surface area contributed by atoms with E-state index < -0.39 is 36.4 Å². The van der Waals surface area contributed by atoms with Gasteiger partial charge in [-0.25, -0.2) is 9.69 Å². The fraction of sp³-hybridized carbons (Fsp3) is 0.444. The standard InChI is InChI=1S/C18H21N3O6/c1-11(2)8-20-16(23)17(24)21(18(20)25)9-15(22)19-7-12-10-26-13-5-3-4-6-14(13)27-12/h3-6,11-12H,7-10H2,1-2H3,(H,19,22)/t12-/m1/s1. The Morgan fingerprint density at radius 1 is 1.15 bits per heavy atom. The molecule has 9 nitrogen and oxygen atoms in total. The average molecular weight is 375 g/mol. The number of ether oxygens (including phenoxy) is 2. The van der Waals surface area contributed by atoms with Gasteiger partial charge in [-0.1, -0.05) is 26.0 Å². The molecule has 3 rings (SSSR count). The largest absolute Gasteiger partial charge is 0.486 e. The number of urea groups is 1. The fourth-order valence-electron chi connectivity index (χ4n) is 2.81. The molecule has 0 aromatic heterocycles. The second-order valence-electron chi connectivity index (χ2n) is 6.79. The average Bonchev–Trinajstić information content (AvgIpc) is 2.84. The van der Waals surface area contributed by atoms with Crippen LogP contribution in [0.1, 0.15) is 13.8 Å². The number of hydrogen-bond acceptors (Lipinski definition) is 6. The third-order valence-electron chi connectivity index (χ3n) is 4.08. The third kappa shape index (κ3) is 4.02. The summed E-state index contributed by atoms with van der Waals surface area (Å²) in [7, 11) is 0. The molecule has 1 aromatic rings. The van der Waals surface area contributed by atoms with E-state index in [0.717, 1.165) is 4.90 Å². The first kappa shape index (κ1) is 18.7. The third-order valence-corrected chi connectivity index (χ3v) is 4.08. The van der Waals surface area contributed by atoms with Gasteiger partial charge in [0, 0.05) is 6.54 Å². The van der Waals surface area contributed by atoms with Crippen LogP contribution in [0.3, 0.4) is 0 Å². The molecule has 1 N–H and O–H groups in total. The lowest BCUT2D eigenvalue weighted by Gasteiger charge is -2.26. The normalized spacial score (nSPS) is 19.1. The van der Waals surface area contributed by atoms with Gasteiger partial charge in [0.1, 0.15) is 19.3 Å². The van der Waals surface area contributed by atoms with Crippen LogP contribution in [-0.2, 0) is 14.4 Å².